The van der Waals surface area contributed by atoms with Crippen LogP contribution in [0.3, 0.4) is 0 Å². The van der Waals surface area contributed by atoms with Crippen molar-refractivity contribution in [2.24, 2.45) is 5.73 Å². The second-order valence-electron chi connectivity index (χ2n) is 4.02. The highest BCUT2D eigenvalue weighted by molar-refractivity contribution is 5.40. The molecule has 1 aliphatic rings. The molecule has 1 aromatic rings. The smallest absolute Gasteiger partial charge is 0.316 e. The van der Waals surface area contributed by atoms with Crippen molar-refractivity contribution in [1.29, 1.82) is 0 Å². The average molecular weight is 255 g/mol. The maximum atomic E-state index is 13.5. The summed E-state index contributed by atoms with van der Waals surface area (Å²) >= 11 is 0. The topological polar surface area (TPSA) is 26.0 Å². The predicted molar refractivity (Wildman–Crippen MR) is 46.8 cm³/mol. The van der Waals surface area contributed by atoms with Crippen LogP contribution in [0.5, 0.6) is 0 Å². The zero-order chi connectivity index (χ0) is 13.1. The molecule has 1 atom stereocenters. The lowest BCUT2D eigenvalue weighted by Crippen LogP contribution is -2.29. The van der Waals surface area contributed by atoms with Crippen LogP contribution in [0.15, 0.2) is 18.2 Å². The van der Waals surface area contributed by atoms with Gasteiger partial charge in [0.2, 0.25) is 0 Å². The third-order valence-corrected chi connectivity index (χ3v) is 2.81. The van der Waals surface area contributed by atoms with Crippen LogP contribution in [-0.4, -0.2) is 5.92 Å². The fourth-order valence-corrected chi connectivity index (χ4v) is 1.69. The number of hydrogen-bond acceptors (Lipinski definition) is 1. The van der Waals surface area contributed by atoms with Crippen molar-refractivity contribution in [3.05, 3.63) is 35.1 Å². The van der Waals surface area contributed by atoms with Crippen molar-refractivity contribution >= 4 is 0 Å². The summed E-state index contributed by atoms with van der Waals surface area (Å²) in [7, 11) is 0. The van der Waals surface area contributed by atoms with Crippen molar-refractivity contribution in [2.45, 2.75) is 24.1 Å². The van der Waals surface area contributed by atoms with Gasteiger partial charge in [0.25, 0.3) is 5.92 Å². The van der Waals surface area contributed by atoms with Crippen molar-refractivity contribution in [3.63, 3.8) is 0 Å². The van der Waals surface area contributed by atoms with E-state index in [1.807, 2.05) is 0 Å². The first kappa shape index (κ1) is 12.2. The molecule has 0 aliphatic heterocycles. The number of rotatable bonds is 1. The molecule has 1 aromatic carbocycles. The van der Waals surface area contributed by atoms with Gasteiger partial charge >= 0.3 is 6.18 Å². The normalized spacial score (nSPS) is 27.0. The van der Waals surface area contributed by atoms with Gasteiger partial charge in [-0.1, -0.05) is 12.1 Å². The molecule has 1 nitrogen and oxygen atoms in total. The third-order valence-electron chi connectivity index (χ3n) is 2.81. The monoisotopic (exact) mass is 255 g/mol. The Morgan fingerprint density at radius 3 is 2.12 bits per heavy atom. The highest BCUT2D eigenvalue weighted by Gasteiger charge is 2.71. The summed E-state index contributed by atoms with van der Waals surface area (Å²) < 4.78 is 76.4. The fourth-order valence-electron chi connectivity index (χ4n) is 1.69. The van der Waals surface area contributed by atoms with E-state index in [4.69, 9.17) is 5.73 Å². The molecule has 0 radical (unpaired) electrons. The molecular weight excluding hydrogens is 248 g/mol. The van der Waals surface area contributed by atoms with E-state index in [9.17, 15) is 26.3 Å². The minimum Gasteiger partial charge on any atom is -0.316 e. The van der Waals surface area contributed by atoms with Gasteiger partial charge in [0.15, 0.2) is 0 Å². The molecule has 0 amide bonds. The molecule has 2 N–H and O–H groups in total. The van der Waals surface area contributed by atoms with Crippen LogP contribution in [0, 0.1) is 5.82 Å². The van der Waals surface area contributed by atoms with E-state index in [1.165, 1.54) is 0 Å². The van der Waals surface area contributed by atoms with E-state index in [-0.39, 0.29) is 0 Å². The van der Waals surface area contributed by atoms with Crippen molar-refractivity contribution < 1.29 is 26.3 Å². The van der Waals surface area contributed by atoms with Gasteiger partial charge in [0, 0.05) is 12.0 Å². The highest BCUT2D eigenvalue weighted by Crippen LogP contribution is 2.58. The van der Waals surface area contributed by atoms with Gasteiger partial charge in [0.1, 0.15) is 11.4 Å². The molecule has 1 aliphatic carbocycles. The van der Waals surface area contributed by atoms with E-state index in [0.29, 0.717) is 6.07 Å². The molecule has 2 rings (SSSR count). The SMILES string of the molecule is NC1(c2cccc(C(F)(F)F)c2F)CC1(F)F. The molecular formula is C10H7F6N. The maximum absolute atomic E-state index is 13.5. The first-order valence-corrected chi connectivity index (χ1v) is 4.62. The molecule has 0 heterocycles. The third kappa shape index (κ3) is 1.69. The van der Waals surface area contributed by atoms with Gasteiger partial charge in [0.05, 0.1) is 5.56 Å². The molecule has 1 unspecified atom stereocenters. The number of alkyl halides is 5. The molecule has 1 saturated carbocycles. The second-order valence-corrected chi connectivity index (χ2v) is 4.02. The van der Waals surface area contributed by atoms with Crippen LogP contribution in [0.2, 0.25) is 0 Å². The fraction of sp³-hybridized carbons (Fsp3) is 0.400. The lowest BCUT2D eigenvalue weighted by Gasteiger charge is -2.15. The van der Waals surface area contributed by atoms with Crippen molar-refractivity contribution in [3.8, 4) is 0 Å². The number of benzene rings is 1. The highest BCUT2D eigenvalue weighted by atomic mass is 19.4. The second kappa shape index (κ2) is 3.16. The minimum absolute atomic E-state index is 0.489. The lowest BCUT2D eigenvalue weighted by molar-refractivity contribution is -0.140. The van der Waals surface area contributed by atoms with E-state index in [1.54, 1.807) is 0 Å². The Morgan fingerprint density at radius 1 is 1.18 bits per heavy atom. The van der Waals surface area contributed by atoms with Gasteiger partial charge in [-0.25, -0.2) is 13.2 Å². The number of nitrogens with two attached hydrogens (primary N) is 1. The van der Waals surface area contributed by atoms with Crippen LogP contribution < -0.4 is 5.73 Å². The minimum atomic E-state index is -4.93. The maximum Gasteiger partial charge on any atom is 0.419 e. The zero-order valence-corrected chi connectivity index (χ0v) is 8.28. The van der Waals surface area contributed by atoms with Gasteiger partial charge in [-0.05, 0) is 6.07 Å². The zero-order valence-electron chi connectivity index (χ0n) is 8.28. The quantitative estimate of drug-likeness (QED) is 0.767. The summed E-state index contributed by atoms with van der Waals surface area (Å²) in [4.78, 5) is 0. The Kier molecular flexibility index (Phi) is 2.27. The summed E-state index contributed by atoms with van der Waals surface area (Å²) in [5, 5.41) is 0. The van der Waals surface area contributed by atoms with E-state index in [2.05, 4.69) is 0 Å². The molecule has 0 spiro atoms. The Balaban J connectivity index is 2.53. The van der Waals surface area contributed by atoms with Crippen LogP contribution >= 0.6 is 0 Å². The molecule has 0 saturated heterocycles. The van der Waals surface area contributed by atoms with Gasteiger partial charge in [-0.15, -0.1) is 0 Å². The van der Waals surface area contributed by atoms with E-state index in [0.717, 1.165) is 12.1 Å². The summed E-state index contributed by atoms with van der Waals surface area (Å²) in [5.74, 6) is -5.09. The first-order chi connectivity index (χ1) is 7.59. The molecule has 7 heteroatoms. The average Bonchev–Trinajstić information content (AvgIpc) is 2.64. The number of halogens is 6. The Labute approximate surface area is 92.2 Å². The van der Waals surface area contributed by atoms with Crippen molar-refractivity contribution in [1.82, 2.24) is 0 Å². The predicted octanol–water partition coefficient (Wildman–Crippen LogP) is 3.04. The van der Waals surface area contributed by atoms with E-state index < -0.39 is 41.0 Å². The van der Waals surface area contributed by atoms with E-state index >= 15 is 0 Å². The van der Waals surface area contributed by atoms with Crippen LogP contribution in [0.25, 0.3) is 0 Å². The summed E-state index contributed by atoms with van der Waals surface area (Å²) in [6.07, 6.45) is -5.78. The van der Waals surface area contributed by atoms with Crippen LogP contribution in [-0.2, 0) is 11.7 Å². The van der Waals surface area contributed by atoms with Gasteiger partial charge in [-0.3, -0.25) is 0 Å². The van der Waals surface area contributed by atoms with Gasteiger partial charge in [-0.2, -0.15) is 13.2 Å². The molecule has 0 bridgehead atoms. The number of hydrogen-bond donors (Lipinski definition) is 1. The Bertz CT molecular complexity index is 466. The summed E-state index contributed by atoms with van der Waals surface area (Å²) in [5.41, 5.74) is 0.505. The molecule has 94 valence electrons. The molecule has 17 heavy (non-hydrogen) atoms. The van der Waals surface area contributed by atoms with Crippen LogP contribution in [0.1, 0.15) is 17.5 Å². The Hall–Kier alpha value is -1.24. The lowest BCUT2D eigenvalue weighted by atomic mass is 10.0. The molecule has 1 fully saturated rings. The van der Waals surface area contributed by atoms with Crippen molar-refractivity contribution in [2.75, 3.05) is 0 Å². The summed E-state index contributed by atoms with van der Waals surface area (Å²) in [6.45, 7) is 0. The molecule has 0 aromatic heterocycles. The Morgan fingerprint density at radius 2 is 1.71 bits per heavy atom. The first-order valence-electron chi connectivity index (χ1n) is 4.62. The largest absolute Gasteiger partial charge is 0.419 e. The van der Waals surface area contributed by atoms with Gasteiger partial charge < -0.3 is 5.73 Å². The summed E-state index contributed by atoms with van der Waals surface area (Å²) in [6, 6.07) is 2.21. The standard InChI is InChI=1S/C10H7F6N/c11-7-5(8(17)4-9(8,12)13)2-1-3-6(7)10(14,15)16/h1-3H,4,17H2. The van der Waals surface area contributed by atoms with Crippen LogP contribution in [0.4, 0.5) is 26.3 Å².